The van der Waals surface area contributed by atoms with Crippen LogP contribution in [0, 0.1) is 11.3 Å². The Morgan fingerprint density at radius 3 is 2.76 bits per heavy atom. The molecule has 1 unspecified atom stereocenters. The lowest BCUT2D eigenvalue weighted by molar-refractivity contribution is 0.777. The van der Waals surface area contributed by atoms with Crippen LogP contribution in [-0.4, -0.2) is 25.0 Å². The number of nitrogens with one attached hydrogen (secondary N) is 1. The van der Waals surface area contributed by atoms with E-state index in [1.165, 1.54) is 0 Å². The molecule has 0 amide bonds. The third kappa shape index (κ3) is 3.33. The van der Waals surface area contributed by atoms with Gasteiger partial charge in [-0.1, -0.05) is 23.4 Å². The lowest BCUT2D eigenvalue weighted by atomic mass is 10.2. The van der Waals surface area contributed by atoms with Gasteiger partial charge in [-0.15, -0.1) is 5.10 Å². The van der Waals surface area contributed by atoms with E-state index in [0.29, 0.717) is 17.4 Å². The summed E-state index contributed by atoms with van der Waals surface area (Å²) in [5, 5.41) is 20.9. The van der Waals surface area contributed by atoms with Gasteiger partial charge in [0, 0.05) is 12.0 Å². The highest BCUT2D eigenvalue weighted by atomic mass is 15.4. The molecule has 0 radical (unpaired) electrons. The zero-order valence-electron chi connectivity index (χ0n) is 13.8. The number of benzene rings is 1. The summed E-state index contributed by atoms with van der Waals surface area (Å²) in [4.78, 5) is 8.84. The smallest absolute Gasteiger partial charge is 0.146 e. The van der Waals surface area contributed by atoms with Gasteiger partial charge < -0.3 is 5.32 Å². The largest absolute Gasteiger partial charge is 0.362 e. The Morgan fingerprint density at radius 1 is 1.24 bits per heavy atom. The van der Waals surface area contributed by atoms with Crippen LogP contribution in [0.1, 0.15) is 48.9 Å². The molecule has 1 aliphatic carbocycles. The topological polar surface area (TPSA) is 92.3 Å². The fourth-order valence-electron chi connectivity index (χ4n) is 2.60. The molecule has 7 heteroatoms. The molecule has 0 bridgehead atoms. The maximum absolute atomic E-state index is 9.18. The number of hydrogen-bond donors (Lipinski definition) is 1. The standard InChI is InChI=1S/C18H17N7/c1-12(16-11-25(24-23-16)15-5-3-2-4-6-15)20-17-9-14(10-19)21-18(22-17)13-7-8-13/h2-6,9,11-13H,7-8H2,1H3,(H,20,21,22). The summed E-state index contributed by atoms with van der Waals surface area (Å²) < 4.78 is 1.74. The summed E-state index contributed by atoms with van der Waals surface area (Å²) in [7, 11) is 0. The van der Waals surface area contributed by atoms with Crippen LogP contribution < -0.4 is 5.32 Å². The van der Waals surface area contributed by atoms with E-state index in [1.807, 2.05) is 43.5 Å². The first-order chi connectivity index (χ1) is 12.2. The molecule has 2 aromatic heterocycles. The van der Waals surface area contributed by atoms with Gasteiger partial charge in [0.05, 0.1) is 17.9 Å². The highest BCUT2D eigenvalue weighted by Crippen LogP contribution is 2.38. The van der Waals surface area contributed by atoms with Crippen LogP contribution in [0.5, 0.6) is 0 Å². The summed E-state index contributed by atoms with van der Waals surface area (Å²) in [6.45, 7) is 1.99. The molecule has 4 rings (SSSR count). The maximum atomic E-state index is 9.18. The van der Waals surface area contributed by atoms with Gasteiger partial charge in [0.2, 0.25) is 0 Å². The van der Waals surface area contributed by atoms with Gasteiger partial charge in [0.25, 0.3) is 0 Å². The second kappa shape index (κ2) is 6.32. The highest BCUT2D eigenvalue weighted by molar-refractivity contribution is 5.42. The molecule has 1 saturated carbocycles. The fourth-order valence-corrected chi connectivity index (χ4v) is 2.60. The van der Waals surface area contributed by atoms with Crippen LogP contribution in [0.3, 0.4) is 0 Å². The molecular formula is C18H17N7. The second-order valence-electron chi connectivity index (χ2n) is 6.17. The molecule has 25 heavy (non-hydrogen) atoms. The molecular weight excluding hydrogens is 314 g/mol. The molecule has 0 aliphatic heterocycles. The minimum atomic E-state index is -0.0917. The van der Waals surface area contributed by atoms with Gasteiger partial charge in [-0.3, -0.25) is 0 Å². The van der Waals surface area contributed by atoms with Crippen molar-refractivity contribution in [3.05, 3.63) is 59.8 Å². The molecule has 1 aliphatic rings. The quantitative estimate of drug-likeness (QED) is 0.772. The monoisotopic (exact) mass is 331 g/mol. The van der Waals surface area contributed by atoms with E-state index < -0.39 is 0 Å². The van der Waals surface area contributed by atoms with Gasteiger partial charge in [0.15, 0.2) is 0 Å². The Labute approximate surface area is 145 Å². The van der Waals surface area contributed by atoms with Crippen LogP contribution in [0.15, 0.2) is 42.6 Å². The summed E-state index contributed by atoms with van der Waals surface area (Å²) in [5.74, 6) is 1.79. The third-order valence-electron chi connectivity index (χ3n) is 4.14. The fraction of sp³-hybridized carbons (Fsp3) is 0.278. The Balaban J connectivity index is 1.54. The van der Waals surface area contributed by atoms with Crippen molar-refractivity contribution < 1.29 is 0 Å². The van der Waals surface area contributed by atoms with Crippen molar-refractivity contribution in [1.29, 1.82) is 5.26 Å². The van der Waals surface area contributed by atoms with Crippen molar-refractivity contribution in [3.63, 3.8) is 0 Å². The van der Waals surface area contributed by atoms with Crippen molar-refractivity contribution in [3.8, 4) is 11.8 Å². The van der Waals surface area contributed by atoms with Crippen LogP contribution in [0.25, 0.3) is 5.69 Å². The van der Waals surface area contributed by atoms with Crippen LogP contribution >= 0.6 is 0 Å². The minimum absolute atomic E-state index is 0.0917. The average Bonchev–Trinajstić information content (AvgIpc) is 3.38. The molecule has 7 nitrogen and oxygen atoms in total. The Morgan fingerprint density at radius 2 is 2.04 bits per heavy atom. The van der Waals surface area contributed by atoms with E-state index >= 15 is 0 Å². The van der Waals surface area contributed by atoms with Gasteiger partial charge in [-0.05, 0) is 31.9 Å². The Bertz CT molecular complexity index is 922. The molecule has 2 heterocycles. The van der Waals surface area contributed by atoms with Crippen molar-refractivity contribution >= 4 is 5.82 Å². The lowest BCUT2D eigenvalue weighted by Gasteiger charge is -2.12. The first-order valence-electron chi connectivity index (χ1n) is 8.26. The highest BCUT2D eigenvalue weighted by Gasteiger charge is 2.27. The van der Waals surface area contributed by atoms with E-state index in [-0.39, 0.29) is 6.04 Å². The maximum Gasteiger partial charge on any atom is 0.146 e. The predicted octanol–water partition coefficient (Wildman–Crippen LogP) is 2.98. The lowest BCUT2D eigenvalue weighted by Crippen LogP contribution is -2.10. The molecule has 3 aromatic rings. The molecule has 1 aromatic carbocycles. The molecule has 0 saturated heterocycles. The van der Waals surface area contributed by atoms with E-state index in [4.69, 9.17) is 0 Å². The zero-order valence-corrected chi connectivity index (χ0v) is 13.8. The van der Waals surface area contributed by atoms with Crippen LogP contribution in [-0.2, 0) is 0 Å². The Hall–Kier alpha value is -3.27. The molecule has 1 fully saturated rings. The number of rotatable bonds is 5. The number of nitriles is 1. The van der Waals surface area contributed by atoms with Gasteiger partial charge in [-0.25, -0.2) is 14.6 Å². The van der Waals surface area contributed by atoms with E-state index in [2.05, 4.69) is 31.7 Å². The first kappa shape index (κ1) is 15.3. The predicted molar refractivity (Wildman–Crippen MR) is 92.1 cm³/mol. The van der Waals surface area contributed by atoms with Crippen molar-refractivity contribution in [2.45, 2.75) is 31.7 Å². The first-order valence-corrected chi connectivity index (χ1v) is 8.26. The normalized spacial score (nSPS) is 14.7. The zero-order chi connectivity index (χ0) is 17.2. The average molecular weight is 331 g/mol. The SMILES string of the molecule is CC(Nc1cc(C#N)nc(C2CC2)n1)c1cn(-c2ccccc2)nn1. The summed E-state index contributed by atoms with van der Waals surface area (Å²) in [5.41, 5.74) is 2.15. The van der Waals surface area contributed by atoms with Crippen LogP contribution in [0.2, 0.25) is 0 Å². The minimum Gasteiger partial charge on any atom is -0.362 e. The second-order valence-corrected chi connectivity index (χ2v) is 6.17. The molecule has 0 spiro atoms. The van der Waals surface area contributed by atoms with E-state index in [1.54, 1.807) is 10.7 Å². The molecule has 1 atom stereocenters. The van der Waals surface area contributed by atoms with Gasteiger partial charge in [0.1, 0.15) is 29.1 Å². The Kier molecular flexibility index (Phi) is 3.86. The van der Waals surface area contributed by atoms with E-state index in [0.717, 1.165) is 30.0 Å². The van der Waals surface area contributed by atoms with Crippen molar-refractivity contribution in [2.75, 3.05) is 5.32 Å². The van der Waals surface area contributed by atoms with E-state index in [9.17, 15) is 5.26 Å². The van der Waals surface area contributed by atoms with Crippen LogP contribution in [0.4, 0.5) is 5.82 Å². The van der Waals surface area contributed by atoms with Crippen molar-refractivity contribution in [1.82, 2.24) is 25.0 Å². The van der Waals surface area contributed by atoms with Crippen molar-refractivity contribution in [2.24, 2.45) is 0 Å². The molecule has 124 valence electrons. The third-order valence-corrected chi connectivity index (χ3v) is 4.14. The van der Waals surface area contributed by atoms with Gasteiger partial charge >= 0.3 is 0 Å². The number of nitrogens with zero attached hydrogens (tertiary/aromatic N) is 6. The summed E-state index contributed by atoms with van der Waals surface area (Å²) in [6.07, 6.45) is 4.08. The summed E-state index contributed by atoms with van der Waals surface area (Å²) in [6, 6.07) is 13.5. The number of anilines is 1. The number of aromatic nitrogens is 5. The van der Waals surface area contributed by atoms with Gasteiger partial charge in [-0.2, -0.15) is 5.26 Å². The number of para-hydroxylation sites is 1. The summed E-state index contributed by atoms with van der Waals surface area (Å²) >= 11 is 0. The molecule has 1 N–H and O–H groups in total. The number of hydrogen-bond acceptors (Lipinski definition) is 6.